The van der Waals surface area contributed by atoms with E-state index < -0.39 is 0 Å². The average Bonchev–Trinajstić information content (AvgIpc) is 2.33. The number of nitrogens with zero attached hydrogens (tertiary/aromatic N) is 4. The SMILES string of the molecule is CN(C)c1nc(N)nc(Oc2cc(Cl)ccc2Cl)n1. The highest BCUT2D eigenvalue weighted by atomic mass is 35.5. The van der Waals surface area contributed by atoms with E-state index in [9.17, 15) is 0 Å². The van der Waals surface area contributed by atoms with E-state index in [0.717, 1.165) is 0 Å². The fraction of sp³-hybridized carbons (Fsp3) is 0.182. The zero-order chi connectivity index (χ0) is 14.0. The molecule has 0 saturated heterocycles. The molecule has 0 aliphatic rings. The van der Waals surface area contributed by atoms with Crippen molar-refractivity contribution in [1.29, 1.82) is 0 Å². The Labute approximate surface area is 120 Å². The fourth-order valence-electron chi connectivity index (χ4n) is 1.26. The maximum Gasteiger partial charge on any atom is 0.328 e. The third kappa shape index (κ3) is 3.36. The van der Waals surface area contributed by atoms with Gasteiger partial charge in [0.15, 0.2) is 5.75 Å². The molecule has 1 aromatic heterocycles. The quantitative estimate of drug-likeness (QED) is 0.939. The summed E-state index contributed by atoms with van der Waals surface area (Å²) >= 11 is 11.9. The predicted molar refractivity (Wildman–Crippen MR) is 75.1 cm³/mol. The van der Waals surface area contributed by atoms with Crippen LogP contribution < -0.4 is 15.4 Å². The maximum atomic E-state index is 5.99. The van der Waals surface area contributed by atoms with Crippen LogP contribution >= 0.6 is 23.2 Å². The summed E-state index contributed by atoms with van der Waals surface area (Å²) in [6.45, 7) is 0. The van der Waals surface area contributed by atoms with Crippen molar-refractivity contribution in [3.8, 4) is 11.8 Å². The Morgan fingerprint density at radius 3 is 2.58 bits per heavy atom. The first-order valence-electron chi connectivity index (χ1n) is 5.27. The van der Waals surface area contributed by atoms with Crippen molar-refractivity contribution in [3.63, 3.8) is 0 Å². The molecule has 2 rings (SSSR count). The van der Waals surface area contributed by atoms with E-state index >= 15 is 0 Å². The molecule has 0 fully saturated rings. The van der Waals surface area contributed by atoms with Crippen LogP contribution in [0.5, 0.6) is 11.8 Å². The summed E-state index contributed by atoms with van der Waals surface area (Å²) < 4.78 is 5.48. The van der Waals surface area contributed by atoms with E-state index in [1.807, 2.05) is 0 Å². The molecule has 2 aromatic rings. The van der Waals surface area contributed by atoms with Crippen LogP contribution in [0.3, 0.4) is 0 Å². The van der Waals surface area contributed by atoms with Crippen molar-refractivity contribution in [2.24, 2.45) is 0 Å². The van der Waals surface area contributed by atoms with Gasteiger partial charge in [0.05, 0.1) is 5.02 Å². The first-order chi connectivity index (χ1) is 8.95. The van der Waals surface area contributed by atoms with Crippen molar-refractivity contribution in [3.05, 3.63) is 28.2 Å². The van der Waals surface area contributed by atoms with Crippen molar-refractivity contribution in [2.45, 2.75) is 0 Å². The van der Waals surface area contributed by atoms with Gasteiger partial charge in [0.25, 0.3) is 0 Å². The predicted octanol–water partition coefficient (Wildman–Crippen LogP) is 2.62. The second kappa shape index (κ2) is 5.46. The zero-order valence-electron chi connectivity index (χ0n) is 10.3. The van der Waals surface area contributed by atoms with Gasteiger partial charge in [-0.1, -0.05) is 23.2 Å². The van der Waals surface area contributed by atoms with E-state index in [-0.39, 0.29) is 12.0 Å². The second-order valence-electron chi connectivity index (χ2n) is 3.85. The molecule has 6 nitrogen and oxygen atoms in total. The minimum absolute atomic E-state index is 0.0559. The van der Waals surface area contributed by atoms with E-state index in [0.29, 0.717) is 21.7 Å². The van der Waals surface area contributed by atoms with E-state index in [4.69, 9.17) is 33.7 Å². The monoisotopic (exact) mass is 299 g/mol. The summed E-state index contributed by atoms with van der Waals surface area (Å²) in [5, 5.41) is 0.893. The van der Waals surface area contributed by atoms with Gasteiger partial charge in [-0.2, -0.15) is 15.0 Å². The number of hydrogen-bond donors (Lipinski definition) is 1. The maximum absolute atomic E-state index is 5.99. The van der Waals surface area contributed by atoms with Gasteiger partial charge in [0.2, 0.25) is 11.9 Å². The highest BCUT2D eigenvalue weighted by molar-refractivity contribution is 6.34. The lowest BCUT2D eigenvalue weighted by Gasteiger charge is -2.12. The van der Waals surface area contributed by atoms with Gasteiger partial charge in [-0.15, -0.1) is 0 Å². The van der Waals surface area contributed by atoms with Crippen LogP contribution in [0.2, 0.25) is 10.0 Å². The largest absolute Gasteiger partial charge is 0.422 e. The summed E-state index contributed by atoms with van der Waals surface area (Å²) in [6, 6.07) is 4.90. The van der Waals surface area contributed by atoms with Crippen molar-refractivity contribution >= 4 is 35.1 Å². The Morgan fingerprint density at radius 1 is 1.16 bits per heavy atom. The van der Waals surface area contributed by atoms with Crippen molar-refractivity contribution < 1.29 is 4.74 Å². The molecule has 1 aromatic carbocycles. The summed E-state index contributed by atoms with van der Waals surface area (Å²) in [5.74, 6) is 0.803. The summed E-state index contributed by atoms with van der Waals surface area (Å²) in [4.78, 5) is 13.6. The highest BCUT2D eigenvalue weighted by Gasteiger charge is 2.10. The molecular formula is C11H11Cl2N5O. The molecule has 100 valence electrons. The average molecular weight is 300 g/mol. The molecule has 1 heterocycles. The molecular weight excluding hydrogens is 289 g/mol. The molecule has 19 heavy (non-hydrogen) atoms. The molecule has 0 unspecified atom stereocenters. The lowest BCUT2D eigenvalue weighted by Crippen LogP contribution is -2.15. The van der Waals surface area contributed by atoms with E-state index in [2.05, 4.69) is 15.0 Å². The van der Waals surface area contributed by atoms with Crippen LogP contribution in [-0.4, -0.2) is 29.0 Å². The van der Waals surface area contributed by atoms with Crippen LogP contribution in [0, 0.1) is 0 Å². The minimum Gasteiger partial charge on any atom is -0.422 e. The van der Waals surface area contributed by atoms with Crippen LogP contribution in [0.25, 0.3) is 0 Å². The van der Waals surface area contributed by atoms with Gasteiger partial charge < -0.3 is 15.4 Å². The lowest BCUT2D eigenvalue weighted by atomic mass is 10.3. The molecule has 0 spiro atoms. The molecule has 0 atom stereocenters. The molecule has 0 bridgehead atoms. The van der Waals surface area contributed by atoms with Gasteiger partial charge in [0, 0.05) is 25.2 Å². The number of nitrogen functional groups attached to an aromatic ring is 1. The molecule has 0 aliphatic heterocycles. The van der Waals surface area contributed by atoms with Crippen LogP contribution in [0.1, 0.15) is 0 Å². The van der Waals surface area contributed by atoms with Crippen LogP contribution in [0.4, 0.5) is 11.9 Å². The first kappa shape index (κ1) is 13.6. The number of ether oxygens (including phenoxy) is 1. The summed E-state index contributed by atoms with van der Waals surface area (Å²) in [6.07, 6.45) is 0. The number of halogens is 2. The number of anilines is 2. The third-order valence-corrected chi connectivity index (χ3v) is 2.66. The van der Waals surface area contributed by atoms with Gasteiger partial charge in [-0.05, 0) is 12.1 Å². The molecule has 8 heteroatoms. The van der Waals surface area contributed by atoms with Gasteiger partial charge >= 0.3 is 6.01 Å². The zero-order valence-corrected chi connectivity index (χ0v) is 11.8. The Morgan fingerprint density at radius 2 is 1.89 bits per heavy atom. The van der Waals surface area contributed by atoms with Crippen LogP contribution in [-0.2, 0) is 0 Å². The Hall–Kier alpha value is -1.79. The Kier molecular flexibility index (Phi) is 3.92. The Balaban J connectivity index is 2.35. The van der Waals surface area contributed by atoms with Crippen LogP contribution in [0.15, 0.2) is 18.2 Å². The molecule has 0 radical (unpaired) electrons. The first-order valence-corrected chi connectivity index (χ1v) is 6.03. The summed E-state index contributed by atoms with van der Waals surface area (Å²) in [5.41, 5.74) is 5.59. The summed E-state index contributed by atoms with van der Waals surface area (Å²) in [7, 11) is 3.57. The number of aromatic nitrogens is 3. The topological polar surface area (TPSA) is 77.2 Å². The molecule has 2 N–H and O–H groups in total. The number of benzene rings is 1. The van der Waals surface area contributed by atoms with Crippen molar-refractivity contribution in [2.75, 3.05) is 24.7 Å². The minimum atomic E-state index is 0.0559. The normalized spacial score (nSPS) is 10.3. The highest BCUT2D eigenvalue weighted by Crippen LogP contribution is 2.30. The standard InChI is InChI=1S/C11H11Cl2N5O/c1-18(2)10-15-9(14)16-11(17-10)19-8-5-6(12)3-4-7(8)13/h3-5H,1-2H3,(H2,14,15,16,17). The Bertz CT molecular complexity index is 606. The van der Waals surface area contributed by atoms with Crippen molar-refractivity contribution in [1.82, 2.24) is 15.0 Å². The second-order valence-corrected chi connectivity index (χ2v) is 4.69. The van der Waals surface area contributed by atoms with E-state index in [1.165, 1.54) is 0 Å². The smallest absolute Gasteiger partial charge is 0.328 e. The number of nitrogens with two attached hydrogens (primary N) is 1. The molecule has 0 amide bonds. The van der Waals surface area contributed by atoms with E-state index in [1.54, 1.807) is 37.2 Å². The van der Waals surface area contributed by atoms with Gasteiger partial charge in [-0.25, -0.2) is 0 Å². The molecule has 0 aliphatic carbocycles. The lowest BCUT2D eigenvalue weighted by molar-refractivity contribution is 0.441. The third-order valence-electron chi connectivity index (χ3n) is 2.11. The molecule has 0 saturated carbocycles. The van der Waals surface area contributed by atoms with Gasteiger partial charge in [-0.3, -0.25) is 0 Å². The number of rotatable bonds is 3. The fourth-order valence-corrected chi connectivity index (χ4v) is 1.58. The number of hydrogen-bond acceptors (Lipinski definition) is 6. The van der Waals surface area contributed by atoms with Gasteiger partial charge in [0.1, 0.15) is 0 Å².